The summed E-state index contributed by atoms with van der Waals surface area (Å²) in [7, 11) is 0. The molecule has 0 atom stereocenters. The molecule has 1 saturated carbocycles. The van der Waals surface area contributed by atoms with Crippen LogP contribution >= 0.6 is 23.2 Å². The van der Waals surface area contributed by atoms with Gasteiger partial charge in [-0.05, 0) is 105 Å². The molecule has 2 amide bonds. The highest BCUT2D eigenvalue weighted by Crippen LogP contribution is 2.28. The van der Waals surface area contributed by atoms with E-state index < -0.39 is 11.9 Å². The van der Waals surface area contributed by atoms with E-state index in [1.807, 2.05) is 24.3 Å². The average Bonchev–Trinajstić information content (AvgIpc) is 3.01. The minimum absolute atomic E-state index is 0.0146. The van der Waals surface area contributed by atoms with E-state index in [0.29, 0.717) is 32.7 Å². The summed E-state index contributed by atoms with van der Waals surface area (Å²) in [5.41, 5.74) is 1.08. The third-order valence-corrected chi connectivity index (χ3v) is 7.81. The Labute approximate surface area is 258 Å². The van der Waals surface area contributed by atoms with Gasteiger partial charge in [0, 0.05) is 17.2 Å². The standard InChI is InChI=1S/C33H28Cl2N2O6/c34-28-18-7-21(19-29(28)35)32(39)36-22-8-12-24(13-9-22)43-26-16-14-25(15-17-26)42-23-10-5-20(6-11-23)31(38)37-30-4-2-1-3-27(30)33(40)41/h1-7,10-11,14-19,22,24H,8-9,12-13H2,(H,36,39)(H,37,38)(H,40,41). The molecule has 1 fully saturated rings. The maximum absolute atomic E-state index is 12.6. The van der Waals surface area contributed by atoms with Gasteiger partial charge in [-0.15, -0.1) is 0 Å². The van der Waals surface area contributed by atoms with Crippen LogP contribution in [0.5, 0.6) is 17.2 Å². The molecule has 0 radical (unpaired) electrons. The monoisotopic (exact) mass is 618 g/mol. The van der Waals surface area contributed by atoms with Crippen molar-refractivity contribution in [3.05, 3.63) is 118 Å². The lowest BCUT2D eigenvalue weighted by Crippen LogP contribution is -2.39. The molecule has 0 unspecified atom stereocenters. The zero-order chi connectivity index (χ0) is 30.3. The summed E-state index contributed by atoms with van der Waals surface area (Å²) in [6, 6.07) is 25.0. The normalized spacial score (nSPS) is 16.1. The number of amides is 2. The van der Waals surface area contributed by atoms with E-state index in [-0.39, 0.29) is 29.3 Å². The Kier molecular flexibility index (Phi) is 9.49. The Morgan fingerprint density at radius 3 is 1.95 bits per heavy atom. The average molecular weight is 620 g/mol. The number of halogens is 2. The number of hydrogen-bond donors (Lipinski definition) is 3. The van der Waals surface area contributed by atoms with Gasteiger partial charge in [-0.2, -0.15) is 0 Å². The zero-order valence-corrected chi connectivity index (χ0v) is 24.4. The van der Waals surface area contributed by atoms with Crippen LogP contribution in [0.15, 0.2) is 91.0 Å². The summed E-state index contributed by atoms with van der Waals surface area (Å²) in [6.45, 7) is 0. The predicted octanol–water partition coefficient (Wildman–Crippen LogP) is 7.86. The van der Waals surface area contributed by atoms with Gasteiger partial charge in [0.25, 0.3) is 11.8 Å². The first-order valence-electron chi connectivity index (χ1n) is 13.7. The molecule has 5 rings (SSSR count). The van der Waals surface area contributed by atoms with Gasteiger partial charge in [-0.1, -0.05) is 35.3 Å². The van der Waals surface area contributed by atoms with Gasteiger partial charge in [0.2, 0.25) is 0 Å². The largest absolute Gasteiger partial charge is 0.490 e. The van der Waals surface area contributed by atoms with Crippen LogP contribution in [0.1, 0.15) is 56.8 Å². The number of carbonyl (C=O) groups excluding carboxylic acids is 2. The van der Waals surface area contributed by atoms with Crippen molar-refractivity contribution in [2.24, 2.45) is 0 Å². The molecule has 0 heterocycles. The van der Waals surface area contributed by atoms with Crippen LogP contribution in [-0.2, 0) is 0 Å². The van der Waals surface area contributed by atoms with E-state index in [0.717, 1.165) is 31.4 Å². The number of carboxylic acids is 1. The number of carboxylic acid groups (broad SMARTS) is 1. The summed E-state index contributed by atoms with van der Waals surface area (Å²) in [4.78, 5) is 36.6. The van der Waals surface area contributed by atoms with Crippen molar-refractivity contribution in [2.45, 2.75) is 37.8 Å². The van der Waals surface area contributed by atoms with E-state index in [1.165, 1.54) is 12.1 Å². The van der Waals surface area contributed by atoms with Gasteiger partial charge >= 0.3 is 5.97 Å². The highest BCUT2D eigenvalue weighted by Gasteiger charge is 2.24. The smallest absolute Gasteiger partial charge is 0.337 e. The van der Waals surface area contributed by atoms with Crippen molar-refractivity contribution in [3.8, 4) is 17.2 Å². The predicted molar refractivity (Wildman–Crippen MR) is 165 cm³/mol. The lowest BCUT2D eigenvalue weighted by Gasteiger charge is -2.29. The molecule has 220 valence electrons. The Hall–Kier alpha value is -4.53. The fourth-order valence-electron chi connectivity index (χ4n) is 4.79. The summed E-state index contributed by atoms with van der Waals surface area (Å²) in [6.07, 6.45) is 3.28. The van der Waals surface area contributed by atoms with Gasteiger partial charge in [0.05, 0.1) is 27.4 Å². The molecule has 0 aliphatic heterocycles. The molecule has 1 aliphatic rings. The second-order valence-corrected chi connectivity index (χ2v) is 10.9. The summed E-state index contributed by atoms with van der Waals surface area (Å²) >= 11 is 12.0. The zero-order valence-electron chi connectivity index (χ0n) is 22.9. The molecule has 0 bridgehead atoms. The molecule has 4 aromatic rings. The van der Waals surface area contributed by atoms with Crippen LogP contribution in [0.3, 0.4) is 0 Å². The fraction of sp³-hybridized carbons (Fsp3) is 0.182. The molecular weight excluding hydrogens is 591 g/mol. The molecule has 0 spiro atoms. The molecule has 1 aliphatic carbocycles. The van der Waals surface area contributed by atoms with Crippen LogP contribution in [0.2, 0.25) is 10.0 Å². The maximum atomic E-state index is 12.6. The number of aromatic carboxylic acids is 1. The van der Waals surface area contributed by atoms with Crippen LogP contribution in [-0.4, -0.2) is 35.0 Å². The molecule has 0 saturated heterocycles. The number of benzene rings is 4. The second-order valence-electron chi connectivity index (χ2n) is 10.1. The first kappa shape index (κ1) is 29.9. The van der Waals surface area contributed by atoms with E-state index in [1.54, 1.807) is 54.6 Å². The van der Waals surface area contributed by atoms with Crippen molar-refractivity contribution in [3.63, 3.8) is 0 Å². The van der Waals surface area contributed by atoms with Gasteiger partial charge in [0.1, 0.15) is 17.2 Å². The number of nitrogens with one attached hydrogen (secondary N) is 2. The lowest BCUT2D eigenvalue weighted by molar-refractivity contribution is 0.0697. The molecule has 43 heavy (non-hydrogen) atoms. The number of rotatable bonds is 9. The topological polar surface area (TPSA) is 114 Å². The van der Waals surface area contributed by atoms with Crippen molar-refractivity contribution >= 4 is 46.7 Å². The van der Waals surface area contributed by atoms with E-state index in [9.17, 15) is 19.5 Å². The van der Waals surface area contributed by atoms with Gasteiger partial charge in [-0.3, -0.25) is 9.59 Å². The summed E-state index contributed by atoms with van der Waals surface area (Å²) in [5.74, 6) is 0.156. The molecule has 3 N–H and O–H groups in total. The minimum Gasteiger partial charge on any atom is -0.490 e. The van der Waals surface area contributed by atoms with Crippen molar-refractivity contribution in [1.29, 1.82) is 0 Å². The second kappa shape index (κ2) is 13.6. The molecule has 10 heteroatoms. The third kappa shape index (κ3) is 7.85. The van der Waals surface area contributed by atoms with E-state index in [2.05, 4.69) is 10.6 Å². The van der Waals surface area contributed by atoms with Gasteiger partial charge in [0.15, 0.2) is 0 Å². The van der Waals surface area contributed by atoms with Crippen LogP contribution in [0.25, 0.3) is 0 Å². The SMILES string of the molecule is O=C(Nc1ccccc1C(=O)O)c1ccc(Oc2ccc(OC3CCC(NC(=O)c4ccc(Cl)c(Cl)c4)CC3)cc2)cc1. The quantitative estimate of drug-likeness (QED) is 0.176. The number of anilines is 1. The first-order valence-corrected chi connectivity index (χ1v) is 14.4. The highest BCUT2D eigenvalue weighted by atomic mass is 35.5. The third-order valence-electron chi connectivity index (χ3n) is 7.08. The molecule has 8 nitrogen and oxygen atoms in total. The Morgan fingerprint density at radius 2 is 1.30 bits per heavy atom. The van der Waals surface area contributed by atoms with Gasteiger partial charge < -0.3 is 25.2 Å². The fourth-order valence-corrected chi connectivity index (χ4v) is 5.09. The summed E-state index contributed by atoms with van der Waals surface area (Å²) in [5, 5.41) is 15.8. The summed E-state index contributed by atoms with van der Waals surface area (Å²) < 4.78 is 12.1. The highest BCUT2D eigenvalue weighted by molar-refractivity contribution is 6.42. The van der Waals surface area contributed by atoms with Crippen molar-refractivity contribution in [2.75, 3.05) is 5.32 Å². The van der Waals surface area contributed by atoms with Crippen molar-refractivity contribution in [1.82, 2.24) is 5.32 Å². The number of ether oxygens (including phenoxy) is 2. The Balaban J connectivity index is 1.08. The van der Waals surface area contributed by atoms with Gasteiger partial charge in [-0.25, -0.2) is 4.79 Å². The Morgan fingerprint density at radius 1 is 0.698 bits per heavy atom. The molecular formula is C33H28Cl2N2O6. The van der Waals surface area contributed by atoms with E-state index >= 15 is 0 Å². The lowest BCUT2D eigenvalue weighted by atomic mass is 9.92. The molecule has 0 aromatic heterocycles. The first-order chi connectivity index (χ1) is 20.7. The van der Waals surface area contributed by atoms with Crippen LogP contribution < -0.4 is 20.1 Å². The Bertz CT molecular complexity index is 1620. The molecule has 4 aromatic carbocycles. The number of hydrogen-bond acceptors (Lipinski definition) is 5. The van der Waals surface area contributed by atoms with Crippen LogP contribution in [0.4, 0.5) is 5.69 Å². The minimum atomic E-state index is -1.12. The number of carbonyl (C=O) groups is 3. The number of para-hydroxylation sites is 1. The van der Waals surface area contributed by atoms with Crippen LogP contribution in [0, 0.1) is 0 Å². The maximum Gasteiger partial charge on any atom is 0.337 e. The van der Waals surface area contributed by atoms with E-state index in [4.69, 9.17) is 32.7 Å². The van der Waals surface area contributed by atoms with Crippen molar-refractivity contribution < 1.29 is 29.0 Å².